The van der Waals surface area contributed by atoms with Gasteiger partial charge >= 0.3 is 0 Å². The Morgan fingerprint density at radius 1 is 1.22 bits per heavy atom. The molecule has 0 heterocycles. The molecule has 1 amide bonds. The van der Waals surface area contributed by atoms with Crippen LogP contribution in [0.5, 0.6) is 5.75 Å². The molecule has 0 aromatic heterocycles. The quantitative estimate of drug-likeness (QED) is 0.880. The highest BCUT2D eigenvalue weighted by Crippen LogP contribution is 2.20. The third-order valence-electron chi connectivity index (χ3n) is 3.20. The number of benzene rings is 2. The third kappa shape index (κ3) is 5.14. The summed E-state index contributed by atoms with van der Waals surface area (Å²) in [5.41, 5.74) is 2.09. The fraction of sp³-hybridized carbons (Fsp3) is 0.235. The molecular weight excluding hydrogens is 319 g/mol. The van der Waals surface area contributed by atoms with Gasteiger partial charge < -0.3 is 15.0 Å². The topological polar surface area (TPSA) is 41.6 Å². The first-order chi connectivity index (χ1) is 11.0. The molecule has 0 aliphatic heterocycles. The summed E-state index contributed by atoms with van der Waals surface area (Å²) < 4.78 is 18.3. The SMILES string of the molecule is CN(C)c1ccc(CNC(=O)COc2ccc(F)c(Cl)c2)cc1. The zero-order valence-corrected chi connectivity index (χ0v) is 13.7. The van der Waals surface area contributed by atoms with E-state index in [2.05, 4.69) is 5.32 Å². The van der Waals surface area contributed by atoms with Crippen molar-refractivity contribution in [3.63, 3.8) is 0 Å². The van der Waals surface area contributed by atoms with E-state index in [0.29, 0.717) is 12.3 Å². The van der Waals surface area contributed by atoms with Crippen LogP contribution < -0.4 is 15.0 Å². The average Bonchev–Trinajstić information content (AvgIpc) is 2.54. The van der Waals surface area contributed by atoms with Gasteiger partial charge in [-0.3, -0.25) is 4.79 Å². The maximum Gasteiger partial charge on any atom is 0.258 e. The van der Waals surface area contributed by atoms with E-state index >= 15 is 0 Å². The molecule has 0 unspecified atom stereocenters. The number of nitrogens with zero attached hydrogens (tertiary/aromatic N) is 1. The number of carbonyl (C=O) groups is 1. The number of nitrogens with one attached hydrogen (secondary N) is 1. The van der Waals surface area contributed by atoms with Crippen molar-refractivity contribution in [2.24, 2.45) is 0 Å². The maximum absolute atomic E-state index is 13.0. The standard InChI is InChI=1S/C17H18ClFN2O2/c1-21(2)13-5-3-12(4-6-13)10-20-17(22)11-23-14-7-8-16(19)15(18)9-14/h3-9H,10-11H2,1-2H3,(H,20,22). The lowest BCUT2D eigenvalue weighted by molar-refractivity contribution is -0.123. The van der Waals surface area contributed by atoms with E-state index in [1.54, 1.807) is 0 Å². The molecule has 2 rings (SSSR count). The van der Waals surface area contributed by atoms with Crippen molar-refractivity contribution in [1.82, 2.24) is 5.32 Å². The number of hydrogen-bond donors (Lipinski definition) is 1. The van der Waals surface area contributed by atoms with E-state index in [1.165, 1.54) is 18.2 Å². The van der Waals surface area contributed by atoms with E-state index in [0.717, 1.165) is 11.3 Å². The van der Waals surface area contributed by atoms with Crippen LogP contribution in [-0.4, -0.2) is 26.6 Å². The average molecular weight is 337 g/mol. The smallest absolute Gasteiger partial charge is 0.258 e. The number of rotatable bonds is 6. The second-order valence-corrected chi connectivity index (χ2v) is 5.61. The summed E-state index contributed by atoms with van der Waals surface area (Å²) in [4.78, 5) is 13.8. The van der Waals surface area contributed by atoms with E-state index in [4.69, 9.17) is 16.3 Å². The second kappa shape index (κ2) is 7.83. The Bertz CT molecular complexity index is 675. The lowest BCUT2D eigenvalue weighted by Crippen LogP contribution is -2.28. The summed E-state index contributed by atoms with van der Waals surface area (Å²) in [5, 5.41) is 2.72. The first kappa shape index (κ1) is 17.1. The highest BCUT2D eigenvalue weighted by Gasteiger charge is 2.06. The molecule has 0 saturated carbocycles. The largest absolute Gasteiger partial charge is 0.484 e. The zero-order valence-electron chi connectivity index (χ0n) is 13.0. The molecule has 1 N–H and O–H groups in total. The molecule has 0 saturated heterocycles. The van der Waals surface area contributed by atoms with Gasteiger partial charge in [0.05, 0.1) is 5.02 Å². The Morgan fingerprint density at radius 3 is 2.52 bits per heavy atom. The Kier molecular flexibility index (Phi) is 5.82. The van der Waals surface area contributed by atoms with E-state index < -0.39 is 5.82 Å². The number of halogens is 2. The Labute approximate surface area is 139 Å². The van der Waals surface area contributed by atoms with Crippen molar-refractivity contribution in [2.45, 2.75) is 6.54 Å². The van der Waals surface area contributed by atoms with Gasteiger partial charge in [0.1, 0.15) is 11.6 Å². The van der Waals surface area contributed by atoms with Gasteiger partial charge in [0.25, 0.3) is 5.91 Å². The van der Waals surface area contributed by atoms with E-state index in [9.17, 15) is 9.18 Å². The summed E-state index contributed by atoms with van der Waals surface area (Å²) >= 11 is 5.65. The fourth-order valence-corrected chi connectivity index (χ4v) is 2.05. The van der Waals surface area contributed by atoms with Crippen molar-refractivity contribution in [1.29, 1.82) is 0 Å². The van der Waals surface area contributed by atoms with Gasteiger partial charge in [0.15, 0.2) is 6.61 Å². The first-order valence-electron chi connectivity index (χ1n) is 7.06. The molecule has 0 aliphatic rings. The van der Waals surface area contributed by atoms with Gasteiger partial charge in [0, 0.05) is 32.4 Å². The zero-order chi connectivity index (χ0) is 16.8. The van der Waals surface area contributed by atoms with Crippen LogP contribution in [0.4, 0.5) is 10.1 Å². The molecular formula is C17H18ClFN2O2. The number of carbonyl (C=O) groups excluding carboxylic acids is 1. The molecule has 2 aromatic rings. The van der Waals surface area contributed by atoms with Gasteiger partial charge in [0.2, 0.25) is 0 Å². The first-order valence-corrected chi connectivity index (χ1v) is 7.44. The molecule has 2 aromatic carbocycles. The Hall–Kier alpha value is -2.27. The molecule has 122 valence electrons. The predicted molar refractivity (Wildman–Crippen MR) is 89.5 cm³/mol. The number of ether oxygens (including phenoxy) is 1. The summed E-state index contributed by atoms with van der Waals surface area (Å²) in [6.07, 6.45) is 0. The molecule has 0 bridgehead atoms. The van der Waals surface area contributed by atoms with Gasteiger partial charge in [-0.05, 0) is 29.8 Å². The van der Waals surface area contributed by atoms with Gasteiger partial charge in [-0.15, -0.1) is 0 Å². The molecule has 0 fully saturated rings. The summed E-state index contributed by atoms with van der Waals surface area (Å²) in [7, 11) is 3.94. The third-order valence-corrected chi connectivity index (χ3v) is 3.49. The van der Waals surface area contributed by atoms with Gasteiger partial charge in [-0.1, -0.05) is 23.7 Å². The lowest BCUT2D eigenvalue weighted by atomic mass is 10.2. The molecule has 4 nitrogen and oxygen atoms in total. The molecule has 0 atom stereocenters. The number of anilines is 1. The molecule has 0 radical (unpaired) electrons. The Morgan fingerprint density at radius 2 is 1.91 bits per heavy atom. The summed E-state index contributed by atoms with van der Waals surface area (Å²) in [5.74, 6) is -0.436. The van der Waals surface area contributed by atoms with Crippen molar-refractivity contribution in [3.8, 4) is 5.75 Å². The normalized spacial score (nSPS) is 10.3. The van der Waals surface area contributed by atoms with Gasteiger partial charge in [-0.25, -0.2) is 4.39 Å². The van der Waals surface area contributed by atoms with Crippen LogP contribution in [0, 0.1) is 5.82 Å². The summed E-state index contributed by atoms with van der Waals surface area (Å²) in [6.45, 7) is 0.262. The van der Waals surface area contributed by atoms with Crippen LogP contribution in [0.25, 0.3) is 0 Å². The minimum Gasteiger partial charge on any atom is -0.484 e. The van der Waals surface area contributed by atoms with Crippen molar-refractivity contribution in [3.05, 3.63) is 58.9 Å². The second-order valence-electron chi connectivity index (χ2n) is 5.20. The van der Waals surface area contributed by atoms with E-state index in [1.807, 2.05) is 43.3 Å². The van der Waals surface area contributed by atoms with Crippen molar-refractivity contribution in [2.75, 3.05) is 25.6 Å². The highest BCUT2D eigenvalue weighted by atomic mass is 35.5. The molecule has 0 aliphatic carbocycles. The maximum atomic E-state index is 13.0. The monoisotopic (exact) mass is 336 g/mol. The van der Waals surface area contributed by atoms with Crippen LogP contribution in [0.15, 0.2) is 42.5 Å². The van der Waals surface area contributed by atoms with E-state index in [-0.39, 0.29) is 17.5 Å². The van der Waals surface area contributed by atoms with Gasteiger partial charge in [-0.2, -0.15) is 0 Å². The molecule has 0 spiro atoms. The predicted octanol–water partition coefficient (Wildman–Crippen LogP) is 3.24. The summed E-state index contributed by atoms with van der Waals surface area (Å²) in [6, 6.07) is 11.8. The lowest BCUT2D eigenvalue weighted by Gasteiger charge is -2.13. The van der Waals surface area contributed by atoms with Crippen molar-refractivity contribution >= 4 is 23.2 Å². The molecule has 6 heteroatoms. The van der Waals surface area contributed by atoms with Crippen LogP contribution in [0.1, 0.15) is 5.56 Å². The van der Waals surface area contributed by atoms with Crippen LogP contribution in [-0.2, 0) is 11.3 Å². The van der Waals surface area contributed by atoms with Crippen LogP contribution >= 0.6 is 11.6 Å². The number of amides is 1. The molecule has 23 heavy (non-hydrogen) atoms. The minimum atomic E-state index is -0.523. The van der Waals surface area contributed by atoms with Crippen molar-refractivity contribution < 1.29 is 13.9 Å². The van der Waals surface area contributed by atoms with Crippen LogP contribution in [0.2, 0.25) is 5.02 Å². The Balaban J connectivity index is 1.79. The fourth-order valence-electron chi connectivity index (χ4n) is 1.88. The minimum absolute atomic E-state index is 0.0381. The highest BCUT2D eigenvalue weighted by molar-refractivity contribution is 6.30. The van der Waals surface area contributed by atoms with Crippen LogP contribution in [0.3, 0.4) is 0 Å². The number of hydrogen-bond acceptors (Lipinski definition) is 3.